The van der Waals surface area contributed by atoms with Crippen LogP contribution in [0.2, 0.25) is 0 Å². The molecule has 0 unspecified atom stereocenters. The zero-order valence-electron chi connectivity index (χ0n) is 31.4. The molecular formula is C51H40N2O2. The number of rotatable bonds is 6. The van der Waals surface area contributed by atoms with Crippen LogP contribution in [-0.2, 0) is 5.41 Å². The van der Waals surface area contributed by atoms with E-state index in [2.05, 4.69) is 176 Å². The fourth-order valence-electron chi connectivity index (χ4n) is 8.39. The molecule has 0 radical (unpaired) electrons. The van der Waals surface area contributed by atoms with Crippen LogP contribution in [0.3, 0.4) is 0 Å². The van der Waals surface area contributed by atoms with Crippen molar-refractivity contribution in [3.8, 4) is 16.8 Å². The largest absolute Gasteiger partial charge is 0.459 e. The Kier molecular flexibility index (Phi) is 7.40. The Balaban J connectivity index is 1.26. The van der Waals surface area contributed by atoms with Gasteiger partial charge in [-0.1, -0.05) is 124 Å². The highest BCUT2D eigenvalue weighted by molar-refractivity contribution is 6.14. The zero-order valence-corrected chi connectivity index (χ0v) is 31.4. The van der Waals surface area contributed by atoms with Gasteiger partial charge in [-0.05, 0) is 84.1 Å². The van der Waals surface area contributed by atoms with E-state index in [1.807, 2.05) is 25.1 Å². The summed E-state index contributed by atoms with van der Waals surface area (Å²) in [5, 5.41) is 5.62. The maximum Gasteiger partial charge on any atom is 0.159 e. The van der Waals surface area contributed by atoms with Crippen molar-refractivity contribution < 1.29 is 8.83 Å². The van der Waals surface area contributed by atoms with E-state index >= 15 is 0 Å². The Labute approximate surface area is 320 Å². The average Bonchev–Trinajstić information content (AvgIpc) is 3.86. The predicted octanol–water partition coefficient (Wildman–Crippen LogP) is 14.8. The molecule has 0 aliphatic rings. The lowest BCUT2D eigenvalue weighted by Gasteiger charge is -2.28. The number of aromatic nitrogens is 1. The Morgan fingerprint density at radius 1 is 0.564 bits per heavy atom. The Bertz CT molecular complexity index is 3110. The van der Waals surface area contributed by atoms with E-state index < -0.39 is 0 Å². The second kappa shape index (κ2) is 12.4. The second-order valence-electron chi connectivity index (χ2n) is 15.4. The summed E-state index contributed by atoms with van der Waals surface area (Å²) in [6, 6.07) is 54.2. The number of fused-ring (bicyclic) bond motifs is 7. The molecule has 0 bridgehead atoms. The Morgan fingerprint density at radius 3 is 1.95 bits per heavy atom. The van der Waals surface area contributed by atoms with Crippen molar-refractivity contribution in [2.75, 3.05) is 4.90 Å². The third-order valence-electron chi connectivity index (χ3n) is 11.1. The van der Waals surface area contributed by atoms with Gasteiger partial charge in [0.1, 0.15) is 11.3 Å². The van der Waals surface area contributed by atoms with Crippen LogP contribution in [0.5, 0.6) is 0 Å². The first kappa shape index (κ1) is 32.8. The number of hydrogen-bond donors (Lipinski definition) is 0. The van der Waals surface area contributed by atoms with Crippen LogP contribution < -0.4 is 4.90 Å². The number of aryl methyl sites for hydroxylation is 1. The summed E-state index contributed by atoms with van der Waals surface area (Å²) in [5.41, 5.74) is 13.4. The number of benzene rings is 7. The minimum absolute atomic E-state index is 0.00837. The van der Waals surface area contributed by atoms with E-state index in [4.69, 9.17) is 8.83 Å². The molecule has 0 saturated carbocycles. The molecule has 3 heterocycles. The van der Waals surface area contributed by atoms with Crippen molar-refractivity contribution in [2.24, 2.45) is 0 Å². The smallest absolute Gasteiger partial charge is 0.159 e. The van der Waals surface area contributed by atoms with Crippen molar-refractivity contribution in [1.82, 2.24) is 4.57 Å². The first-order chi connectivity index (χ1) is 26.8. The van der Waals surface area contributed by atoms with Crippen LogP contribution in [-0.4, -0.2) is 4.57 Å². The lowest BCUT2D eigenvalue weighted by Crippen LogP contribution is -2.12. The summed E-state index contributed by atoms with van der Waals surface area (Å²) in [6.45, 7) is 13.0. The Morgan fingerprint density at radius 2 is 1.18 bits per heavy atom. The monoisotopic (exact) mass is 712 g/mol. The summed E-state index contributed by atoms with van der Waals surface area (Å²) in [5.74, 6) is 0.836. The number of nitrogens with zero attached hydrogens (tertiary/aromatic N) is 2. The molecule has 0 N–H and O–H groups in total. The summed E-state index contributed by atoms with van der Waals surface area (Å²) in [6.07, 6.45) is 1.88. The first-order valence-corrected chi connectivity index (χ1v) is 18.9. The van der Waals surface area contributed by atoms with E-state index in [1.165, 1.54) is 27.4 Å². The molecule has 0 atom stereocenters. The van der Waals surface area contributed by atoms with Gasteiger partial charge in [0.15, 0.2) is 11.2 Å². The SMILES string of the molecule is C=Cc1c(C)oc2c(N(c3ccccc3-c3ccc4c(c3)c3cc(C(C)(C)C)ccc3n4-c3ccccc3)c3cccc4c3oc3ccccc34)cccc12. The van der Waals surface area contributed by atoms with Gasteiger partial charge in [0, 0.05) is 43.7 Å². The van der Waals surface area contributed by atoms with Gasteiger partial charge in [0.05, 0.1) is 28.1 Å². The van der Waals surface area contributed by atoms with Crippen molar-refractivity contribution in [2.45, 2.75) is 33.1 Å². The third kappa shape index (κ3) is 5.13. The van der Waals surface area contributed by atoms with Crippen molar-refractivity contribution >= 4 is 77.9 Å². The van der Waals surface area contributed by atoms with Crippen LogP contribution in [0.1, 0.15) is 37.7 Å². The fourth-order valence-corrected chi connectivity index (χ4v) is 8.39. The number of anilines is 3. The molecule has 7 aromatic carbocycles. The van der Waals surface area contributed by atoms with E-state index in [1.54, 1.807) is 0 Å². The number of hydrogen-bond acceptors (Lipinski definition) is 3. The molecule has 266 valence electrons. The first-order valence-electron chi connectivity index (χ1n) is 18.9. The van der Waals surface area contributed by atoms with Gasteiger partial charge in [-0.3, -0.25) is 0 Å². The molecule has 0 aliphatic carbocycles. The summed E-state index contributed by atoms with van der Waals surface area (Å²) in [7, 11) is 0. The third-order valence-corrected chi connectivity index (χ3v) is 11.1. The lowest BCUT2D eigenvalue weighted by atomic mass is 9.86. The van der Waals surface area contributed by atoms with Crippen molar-refractivity contribution in [3.05, 3.63) is 175 Å². The van der Waals surface area contributed by atoms with Gasteiger partial charge in [-0.2, -0.15) is 0 Å². The molecule has 0 aliphatic heterocycles. The number of furan rings is 2. The summed E-state index contributed by atoms with van der Waals surface area (Å²) >= 11 is 0. The minimum Gasteiger partial charge on any atom is -0.459 e. The number of para-hydroxylation sites is 5. The van der Waals surface area contributed by atoms with Crippen molar-refractivity contribution in [3.63, 3.8) is 0 Å². The normalized spacial score (nSPS) is 12.1. The van der Waals surface area contributed by atoms with Crippen LogP contribution in [0, 0.1) is 6.92 Å². The highest BCUT2D eigenvalue weighted by atomic mass is 16.3. The molecule has 10 rings (SSSR count). The highest BCUT2D eigenvalue weighted by Gasteiger charge is 2.26. The highest BCUT2D eigenvalue weighted by Crippen LogP contribution is 2.48. The van der Waals surface area contributed by atoms with Gasteiger partial charge >= 0.3 is 0 Å². The van der Waals surface area contributed by atoms with Gasteiger partial charge in [0.25, 0.3) is 0 Å². The molecule has 4 nitrogen and oxygen atoms in total. The molecule has 4 heteroatoms. The molecule has 0 spiro atoms. The maximum absolute atomic E-state index is 6.71. The topological polar surface area (TPSA) is 34.5 Å². The minimum atomic E-state index is 0.00837. The Hall–Kier alpha value is -6.78. The molecular weight excluding hydrogens is 673 g/mol. The zero-order chi connectivity index (χ0) is 37.4. The second-order valence-corrected chi connectivity index (χ2v) is 15.4. The molecule has 55 heavy (non-hydrogen) atoms. The van der Waals surface area contributed by atoms with Crippen molar-refractivity contribution in [1.29, 1.82) is 0 Å². The van der Waals surface area contributed by atoms with Crippen LogP contribution in [0.4, 0.5) is 17.1 Å². The van der Waals surface area contributed by atoms with E-state index in [9.17, 15) is 0 Å². The van der Waals surface area contributed by atoms with Crippen LogP contribution in [0.15, 0.2) is 167 Å². The average molecular weight is 713 g/mol. The van der Waals surface area contributed by atoms with Gasteiger partial charge in [-0.25, -0.2) is 0 Å². The molecule has 3 aromatic heterocycles. The molecule has 10 aromatic rings. The molecule has 0 amide bonds. The van der Waals surface area contributed by atoms with E-state index in [0.29, 0.717) is 0 Å². The van der Waals surface area contributed by atoms with E-state index in [-0.39, 0.29) is 5.41 Å². The fraction of sp³-hybridized carbons (Fsp3) is 0.0980. The van der Waals surface area contributed by atoms with Gasteiger partial charge in [-0.15, -0.1) is 0 Å². The van der Waals surface area contributed by atoms with Gasteiger partial charge in [0.2, 0.25) is 0 Å². The van der Waals surface area contributed by atoms with E-state index in [0.717, 1.165) is 78.1 Å². The quantitative estimate of drug-likeness (QED) is 0.172. The summed E-state index contributed by atoms with van der Waals surface area (Å²) < 4.78 is 15.7. The van der Waals surface area contributed by atoms with Crippen LogP contribution >= 0.6 is 0 Å². The lowest BCUT2D eigenvalue weighted by molar-refractivity contribution is 0.578. The predicted molar refractivity (Wildman–Crippen MR) is 231 cm³/mol. The molecule has 0 saturated heterocycles. The summed E-state index contributed by atoms with van der Waals surface area (Å²) in [4.78, 5) is 2.31. The molecule has 0 fully saturated rings. The van der Waals surface area contributed by atoms with Gasteiger partial charge < -0.3 is 18.3 Å². The maximum atomic E-state index is 6.71. The standard InChI is InChI=1S/C51H40N2O2/c1-6-36-32(2)54-49-39(36)20-14-23-46(49)53(47-24-15-21-40-38-19-11-13-25-48(38)55-50(40)47)43-22-12-10-18-37(43)33-26-28-44-41(30-33)42-31-34(51(3,4)5)27-29-45(42)52(44)35-16-8-7-9-17-35/h6-31H,1H2,2-5H3. The van der Waals surface area contributed by atoms with Crippen LogP contribution in [0.25, 0.3) is 77.6 Å².